The van der Waals surface area contributed by atoms with Crippen LogP contribution in [0.4, 0.5) is 5.69 Å². The Morgan fingerprint density at radius 1 is 1.50 bits per heavy atom. The van der Waals surface area contributed by atoms with E-state index >= 15 is 0 Å². The van der Waals surface area contributed by atoms with Crippen LogP contribution in [0.2, 0.25) is 5.02 Å². The molecule has 0 bridgehead atoms. The average Bonchev–Trinajstić information content (AvgIpc) is 2.44. The lowest BCUT2D eigenvalue weighted by Gasteiger charge is -2.31. The van der Waals surface area contributed by atoms with Gasteiger partial charge in [0.15, 0.2) is 0 Å². The van der Waals surface area contributed by atoms with Gasteiger partial charge in [-0.1, -0.05) is 23.7 Å². The maximum absolute atomic E-state index is 12.0. The zero-order valence-electron chi connectivity index (χ0n) is 11.3. The lowest BCUT2D eigenvalue weighted by molar-refractivity contribution is -0.154. The number of para-hydroxylation sites is 1. The van der Waals surface area contributed by atoms with Crippen molar-refractivity contribution in [2.45, 2.75) is 19.4 Å². The van der Waals surface area contributed by atoms with Crippen LogP contribution >= 0.6 is 11.6 Å². The van der Waals surface area contributed by atoms with Crippen molar-refractivity contribution in [3.63, 3.8) is 0 Å². The van der Waals surface area contributed by atoms with E-state index in [4.69, 9.17) is 16.3 Å². The van der Waals surface area contributed by atoms with Crippen molar-refractivity contribution < 1.29 is 14.3 Å². The number of carbonyl (C=O) groups is 2. The average molecular weight is 297 g/mol. The van der Waals surface area contributed by atoms with E-state index in [9.17, 15) is 9.59 Å². The number of amides is 2. The molecule has 0 saturated carbocycles. The van der Waals surface area contributed by atoms with Gasteiger partial charge < -0.3 is 15.0 Å². The summed E-state index contributed by atoms with van der Waals surface area (Å²) in [5.41, 5.74) is 0.537. The number of ether oxygens (including phenoxy) is 1. The molecule has 0 aromatic heterocycles. The highest BCUT2D eigenvalue weighted by Gasteiger charge is 2.30. The first kappa shape index (κ1) is 14.8. The quantitative estimate of drug-likeness (QED) is 0.923. The molecule has 1 fully saturated rings. The normalized spacial score (nSPS) is 19.0. The topological polar surface area (TPSA) is 58.6 Å². The Labute approximate surface area is 122 Å². The minimum Gasteiger partial charge on any atom is -0.366 e. The Bertz CT molecular complexity index is 507. The van der Waals surface area contributed by atoms with Crippen LogP contribution in [0.25, 0.3) is 0 Å². The third kappa shape index (κ3) is 3.49. The van der Waals surface area contributed by atoms with E-state index in [2.05, 4.69) is 5.32 Å². The van der Waals surface area contributed by atoms with Crippen LogP contribution in [0.3, 0.4) is 0 Å². The molecule has 1 aliphatic heterocycles. The van der Waals surface area contributed by atoms with Gasteiger partial charge in [-0.15, -0.1) is 0 Å². The Morgan fingerprint density at radius 2 is 2.25 bits per heavy atom. The van der Waals surface area contributed by atoms with Gasteiger partial charge in [-0.25, -0.2) is 0 Å². The van der Waals surface area contributed by atoms with Crippen LogP contribution in [0.1, 0.15) is 13.3 Å². The first-order chi connectivity index (χ1) is 9.61. The number of nitrogens with zero attached hydrogens (tertiary/aromatic N) is 1. The molecular formula is C14H17ClN2O3. The van der Waals surface area contributed by atoms with E-state index in [1.54, 1.807) is 29.2 Å². The summed E-state index contributed by atoms with van der Waals surface area (Å²) in [4.78, 5) is 25.7. The molecule has 1 atom stereocenters. The number of morpholine rings is 1. The molecule has 0 unspecified atom stereocenters. The second-order valence-corrected chi connectivity index (χ2v) is 4.92. The smallest absolute Gasteiger partial charge is 0.252 e. The fourth-order valence-corrected chi connectivity index (χ4v) is 2.27. The number of likely N-dealkylation sites (N-methyl/N-ethyl adjacent to an activating group) is 1. The molecule has 0 aliphatic carbocycles. The highest BCUT2D eigenvalue weighted by molar-refractivity contribution is 6.33. The second kappa shape index (κ2) is 6.72. The van der Waals surface area contributed by atoms with Crippen molar-refractivity contribution in [3.8, 4) is 0 Å². The molecule has 1 aliphatic rings. The fourth-order valence-electron chi connectivity index (χ4n) is 2.08. The Morgan fingerprint density at radius 3 is 2.95 bits per heavy atom. The summed E-state index contributed by atoms with van der Waals surface area (Å²) < 4.78 is 5.38. The van der Waals surface area contributed by atoms with Gasteiger partial charge in [0.2, 0.25) is 5.91 Å². The van der Waals surface area contributed by atoms with Gasteiger partial charge in [0.05, 0.1) is 23.7 Å². The van der Waals surface area contributed by atoms with E-state index in [0.717, 1.165) is 0 Å². The zero-order chi connectivity index (χ0) is 14.5. The predicted octanol–water partition coefficient (Wildman–Crippen LogP) is 1.92. The SMILES string of the molecule is CCN1CCO[C@@H](CC(=O)Nc2ccccc2Cl)C1=O. The van der Waals surface area contributed by atoms with Crippen molar-refractivity contribution in [2.24, 2.45) is 0 Å². The summed E-state index contributed by atoms with van der Waals surface area (Å²) >= 11 is 5.96. The van der Waals surface area contributed by atoms with Crippen molar-refractivity contribution in [1.29, 1.82) is 0 Å². The van der Waals surface area contributed by atoms with Crippen LogP contribution in [-0.4, -0.2) is 42.5 Å². The Kier molecular flexibility index (Phi) is 4.98. The number of halogens is 1. The van der Waals surface area contributed by atoms with Gasteiger partial charge in [0.25, 0.3) is 5.91 Å². The first-order valence-electron chi connectivity index (χ1n) is 6.56. The Balaban J connectivity index is 1.94. The highest BCUT2D eigenvalue weighted by Crippen LogP contribution is 2.21. The molecule has 1 aromatic rings. The molecule has 108 valence electrons. The summed E-state index contributed by atoms with van der Waals surface area (Å²) in [6.45, 7) is 3.58. The first-order valence-corrected chi connectivity index (χ1v) is 6.94. The standard InChI is InChI=1S/C14H17ClN2O3/c1-2-17-7-8-20-12(14(17)19)9-13(18)16-11-6-4-3-5-10(11)15/h3-6,12H,2,7-9H2,1H3,(H,16,18)/t12-/m0/s1. The second-order valence-electron chi connectivity index (χ2n) is 4.51. The lowest BCUT2D eigenvalue weighted by Crippen LogP contribution is -2.48. The van der Waals surface area contributed by atoms with Crippen LogP contribution in [0, 0.1) is 0 Å². The number of anilines is 1. The molecule has 20 heavy (non-hydrogen) atoms. The predicted molar refractivity (Wildman–Crippen MR) is 76.7 cm³/mol. The molecule has 1 N–H and O–H groups in total. The van der Waals surface area contributed by atoms with Crippen LogP contribution in [0.15, 0.2) is 24.3 Å². The minimum absolute atomic E-state index is 0.000552. The van der Waals surface area contributed by atoms with Gasteiger partial charge in [0, 0.05) is 13.1 Å². The molecule has 6 heteroatoms. The van der Waals surface area contributed by atoms with E-state index in [1.807, 2.05) is 6.92 Å². The highest BCUT2D eigenvalue weighted by atomic mass is 35.5. The monoisotopic (exact) mass is 296 g/mol. The van der Waals surface area contributed by atoms with Crippen molar-refractivity contribution in [2.75, 3.05) is 25.0 Å². The molecule has 5 nitrogen and oxygen atoms in total. The van der Waals surface area contributed by atoms with Gasteiger partial charge in [-0.2, -0.15) is 0 Å². The summed E-state index contributed by atoms with van der Waals surface area (Å²) in [7, 11) is 0. The number of nitrogens with one attached hydrogen (secondary N) is 1. The molecule has 1 saturated heterocycles. The van der Waals surface area contributed by atoms with Gasteiger partial charge in [-0.3, -0.25) is 9.59 Å². The van der Waals surface area contributed by atoms with Crippen molar-refractivity contribution in [3.05, 3.63) is 29.3 Å². The van der Waals surface area contributed by atoms with Crippen molar-refractivity contribution in [1.82, 2.24) is 4.90 Å². The Hall–Kier alpha value is -1.59. The molecule has 1 heterocycles. The minimum atomic E-state index is -0.703. The molecule has 2 amide bonds. The maximum atomic E-state index is 12.0. The number of carbonyl (C=O) groups excluding carboxylic acids is 2. The summed E-state index contributed by atoms with van der Waals surface area (Å²) in [5.74, 6) is -0.414. The fraction of sp³-hybridized carbons (Fsp3) is 0.429. The van der Waals surface area contributed by atoms with Crippen molar-refractivity contribution >= 4 is 29.1 Å². The number of rotatable bonds is 4. The molecule has 0 spiro atoms. The maximum Gasteiger partial charge on any atom is 0.252 e. The van der Waals surface area contributed by atoms with Gasteiger partial charge in [0.1, 0.15) is 6.10 Å². The summed E-state index contributed by atoms with van der Waals surface area (Å²) in [6.07, 6.45) is -0.702. The number of benzene rings is 1. The third-order valence-electron chi connectivity index (χ3n) is 3.17. The van der Waals surface area contributed by atoms with Crippen LogP contribution in [-0.2, 0) is 14.3 Å². The van der Waals surface area contributed by atoms with E-state index < -0.39 is 6.10 Å². The largest absolute Gasteiger partial charge is 0.366 e. The van der Waals surface area contributed by atoms with E-state index in [0.29, 0.717) is 30.4 Å². The lowest BCUT2D eigenvalue weighted by atomic mass is 10.1. The number of hydrogen-bond acceptors (Lipinski definition) is 3. The van der Waals surface area contributed by atoms with Gasteiger partial charge in [-0.05, 0) is 19.1 Å². The molecular weight excluding hydrogens is 280 g/mol. The van der Waals surface area contributed by atoms with Crippen LogP contribution in [0.5, 0.6) is 0 Å². The van der Waals surface area contributed by atoms with E-state index in [1.165, 1.54) is 0 Å². The van der Waals surface area contributed by atoms with Crippen LogP contribution < -0.4 is 5.32 Å². The molecule has 0 radical (unpaired) electrons. The molecule has 1 aromatic carbocycles. The third-order valence-corrected chi connectivity index (χ3v) is 3.50. The number of hydrogen-bond donors (Lipinski definition) is 1. The summed E-state index contributed by atoms with van der Waals surface area (Å²) in [6, 6.07) is 6.97. The van der Waals surface area contributed by atoms with Gasteiger partial charge >= 0.3 is 0 Å². The zero-order valence-corrected chi connectivity index (χ0v) is 12.0. The molecule has 2 rings (SSSR count). The summed E-state index contributed by atoms with van der Waals surface area (Å²) in [5, 5.41) is 3.15. The van der Waals surface area contributed by atoms with E-state index in [-0.39, 0.29) is 18.2 Å².